The van der Waals surface area contributed by atoms with Crippen molar-refractivity contribution in [1.29, 1.82) is 0 Å². The van der Waals surface area contributed by atoms with E-state index in [1.54, 1.807) is 56.5 Å². The van der Waals surface area contributed by atoms with Crippen molar-refractivity contribution in [2.45, 2.75) is 19.6 Å². The molecule has 0 aliphatic rings. The van der Waals surface area contributed by atoms with E-state index in [0.29, 0.717) is 22.2 Å². The summed E-state index contributed by atoms with van der Waals surface area (Å²) in [6, 6.07) is 11.6. The molecule has 1 amide bonds. The lowest BCUT2D eigenvalue weighted by Crippen LogP contribution is -2.31. The molecule has 0 radical (unpaired) electrons. The number of carbonyl (C=O) groups excluding carboxylic acids is 2. The van der Waals surface area contributed by atoms with E-state index in [-0.39, 0.29) is 12.6 Å². The maximum Gasteiger partial charge on any atom is 0.338 e. The van der Waals surface area contributed by atoms with Crippen LogP contribution >= 0.6 is 23.2 Å². The lowest BCUT2D eigenvalue weighted by Gasteiger charge is -2.15. The van der Waals surface area contributed by atoms with E-state index in [1.807, 2.05) is 0 Å². The Hall–Kier alpha value is -2.08. The van der Waals surface area contributed by atoms with Crippen molar-refractivity contribution in [2.24, 2.45) is 0 Å². The Morgan fingerprint density at radius 1 is 1.08 bits per heavy atom. The van der Waals surface area contributed by atoms with Crippen molar-refractivity contribution >= 4 is 35.1 Å². The SMILES string of the molecule is COCc1ccc(C(=O)OCC(=O)NC(C)c2ccc(Cl)c(Cl)c2)cc1. The molecule has 2 rings (SSSR count). The average Bonchev–Trinajstić information content (AvgIpc) is 2.62. The normalized spacial score (nSPS) is 11.7. The standard InChI is InChI=1S/C19H19Cl2NO4/c1-12(15-7-8-16(20)17(21)9-15)22-18(23)11-26-19(24)14-5-3-13(4-6-14)10-25-2/h3-9,12H,10-11H2,1-2H3,(H,22,23). The first kappa shape index (κ1) is 20.2. The zero-order valence-electron chi connectivity index (χ0n) is 14.4. The fourth-order valence-electron chi connectivity index (χ4n) is 2.27. The van der Waals surface area contributed by atoms with Crippen LogP contribution in [-0.4, -0.2) is 25.6 Å². The number of rotatable bonds is 7. The maximum absolute atomic E-state index is 12.0. The Morgan fingerprint density at radius 2 is 1.77 bits per heavy atom. The predicted octanol–water partition coefficient (Wildman–Crippen LogP) is 4.17. The van der Waals surface area contributed by atoms with Crippen molar-refractivity contribution in [3.05, 3.63) is 69.2 Å². The van der Waals surface area contributed by atoms with Gasteiger partial charge in [0.1, 0.15) is 0 Å². The van der Waals surface area contributed by atoms with Crippen LogP contribution in [0.2, 0.25) is 10.0 Å². The second-order valence-corrected chi connectivity index (χ2v) is 6.48. The number of methoxy groups -OCH3 is 1. The summed E-state index contributed by atoms with van der Waals surface area (Å²) in [4.78, 5) is 24.0. The molecule has 2 aromatic rings. The van der Waals surface area contributed by atoms with Crippen LogP contribution < -0.4 is 5.32 Å². The zero-order chi connectivity index (χ0) is 19.1. The van der Waals surface area contributed by atoms with Gasteiger partial charge in [0.25, 0.3) is 5.91 Å². The predicted molar refractivity (Wildman–Crippen MR) is 100 cm³/mol. The monoisotopic (exact) mass is 395 g/mol. The van der Waals surface area contributed by atoms with Gasteiger partial charge in [-0.1, -0.05) is 41.4 Å². The highest BCUT2D eigenvalue weighted by Gasteiger charge is 2.14. The summed E-state index contributed by atoms with van der Waals surface area (Å²) in [5.41, 5.74) is 2.11. The molecule has 138 valence electrons. The summed E-state index contributed by atoms with van der Waals surface area (Å²) in [7, 11) is 1.60. The molecule has 1 atom stereocenters. The van der Waals surface area contributed by atoms with Gasteiger partial charge in [-0.3, -0.25) is 4.79 Å². The van der Waals surface area contributed by atoms with Gasteiger partial charge >= 0.3 is 5.97 Å². The first-order chi connectivity index (χ1) is 12.4. The largest absolute Gasteiger partial charge is 0.452 e. The van der Waals surface area contributed by atoms with Gasteiger partial charge in [-0.25, -0.2) is 4.79 Å². The summed E-state index contributed by atoms with van der Waals surface area (Å²) in [6.07, 6.45) is 0. The van der Waals surface area contributed by atoms with E-state index in [1.165, 1.54) is 0 Å². The van der Waals surface area contributed by atoms with Gasteiger partial charge in [-0.2, -0.15) is 0 Å². The Labute approximate surface area is 162 Å². The second kappa shape index (κ2) is 9.57. The molecule has 0 saturated carbocycles. The fraction of sp³-hybridized carbons (Fsp3) is 0.263. The lowest BCUT2D eigenvalue weighted by atomic mass is 10.1. The topological polar surface area (TPSA) is 64.6 Å². The van der Waals surface area contributed by atoms with Crippen LogP contribution in [0.4, 0.5) is 0 Å². The van der Waals surface area contributed by atoms with Gasteiger partial charge in [-0.05, 0) is 42.3 Å². The minimum absolute atomic E-state index is 0.302. The molecule has 0 fully saturated rings. The Kier molecular flexibility index (Phi) is 7.45. The van der Waals surface area contributed by atoms with Crippen molar-refractivity contribution < 1.29 is 19.1 Å². The highest BCUT2D eigenvalue weighted by molar-refractivity contribution is 6.42. The average molecular weight is 396 g/mol. The van der Waals surface area contributed by atoms with Crippen LogP contribution in [0.5, 0.6) is 0 Å². The summed E-state index contributed by atoms with van der Waals surface area (Å²) in [6.45, 7) is 1.89. The Morgan fingerprint density at radius 3 is 2.38 bits per heavy atom. The smallest absolute Gasteiger partial charge is 0.338 e. The van der Waals surface area contributed by atoms with E-state index < -0.39 is 11.9 Å². The number of nitrogens with one attached hydrogen (secondary N) is 1. The molecule has 0 aliphatic heterocycles. The highest BCUT2D eigenvalue weighted by Crippen LogP contribution is 2.25. The quantitative estimate of drug-likeness (QED) is 0.714. The Balaban J connectivity index is 1.85. The van der Waals surface area contributed by atoms with Crippen LogP contribution in [0, 0.1) is 0 Å². The number of ether oxygens (including phenoxy) is 2. The lowest BCUT2D eigenvalue weighted by molar-refractivity contribution is -0.124. The number of halogens is 2. The summed E-state index contributed by atoms with van der Waals surface area (Å²) in [5, 5.41) is 3.60. The molecular weight excluding hydrogens is 377 g/mol. The van der Waals surface area contributed by atoms with Crippen LogP contribution in [0.15, 0.2) is 42.5 Å². The zero-order valence-corrected chi connectivity index (χ0v) is 15.9. The number of hydrogen-bond acceptors (Lipinski definition) is 4. The van der Waals surface area contributed by atoms with E-state index in [4.69, 9.17) is 32.7 Å². The molecule has 0 aliphatic carbocycles. The number of carbonyl (C=O) groups is 2. The Bertz CT molecular complexity index is 778. The van der Waals surface area contributed by atoms with Crippen LogP contribution in [0.3, 0.4) is 0 Å². The first-order valence-electron chi connectivity index (χ1n) is 7.90. The van der Waals surface area contributed by atoms with Gasteiger partial charge in [0.15, 0.2) is 6.61 Å². The minimum atomic E-state index is -0.564. The summed E-state index contributed by atoms with van der Waals surface area (Å²) in [5.74, 6) is -0.973. The molecule has 1 unspecified atom stereocenters. The third-order valence-corrected chi connectivity index (χ3v) is 4.40. The van der Waals surface area contributed by atoms with E-state index in [9.17, 15) is 9.59 Å². The molecule has 0 aromatic heterocycles. The number of amides is 1. The molecule has 1 N–H and O–H groups in total. The van der Waals surface area contributed by atoms with Crippen molar-refractivity contribution in [2.75, 3.05) is 13.7 Å². The molecular formula is C19H19Cl2NO4. The van der Waals surface area contributed by atoms with E-state index in [2.05, 4.69) is 5.32 Å². The van der Waals surface area contributed by atoms with Crippen LogP contribution in [-0.2, 0) is 20.9 Å². The third kappa shape index (κ3) is 5.73. The van der Waals surface area contributed by atoms with E-state index in [0.717, 1.165) is 11.1 Å². The minimum Gasteiger partial charge on any atom is -0.452 e. The maximum atomic E-state index is 12.0. The molecule has 0 bridgehead atoms. The molecule has 7 heteroatoms. The van der Waals surface area contributed by atoms with Gasteiger partial charge in [0.2, 0.25) is 0 Å². The number of benzene rings is 2. The van der Waals surface area contributed by atoms with E-state index >= 15 is 0 Å². The van der Waals surface area contributed by atoms with Gasteiger partial charge in [0.05, 0.1) is 28.3 Å². The number of hydrogen-bond donors (Lipinski definition) is 1. The molecule has 2 aromatic carbocycles. The highest BCUT2D eigenvalue weighted by atomic mass is 35.5. The summed E-state index contributed by atoms with van der Waals surface area (Å²) >= 11 is 11.9. The third-order valence-electron chi connectivity index (χ3n) is 3.66. The van der Waals surface area contributed by atoms with Crippen LogP contribution in [0.1, 0.15) is 34.5 Å². The van der Waals surface area contributed by atoms with Gasteiger partial charge < -0.3 is 14.8 Å². The second-order valence-electron chi connectivity index (χ2n) is 5.67. The molecule has 26 heavy (non-hydrogen) atoms. The van der Waals surface area contributed by atoms with Crippen LogP contribution in [0.25, 0.3) is 0 Å². The van der Waals surface area contributed by atoms with Crippen molar-refractivity contribution in [3.8, 4) is 0 Å². The van der Waals surface area contributed by atoms with Crippen molar-refractivity contribution in [3.63, 3.8) is 0 Å². The molecule has 0 heterocycles. The molecule has 5 nitrogen and oxygen atoms in total. The fourth-order valence-corrected chi connectivity index (χ4v) is 2.57. The van der Waals surface area contributed by atoms with Gasteiger partial charge in [0, 0.05) is 7.11 Å². The first-order valence-corrected chi connectivity index (χ1v) is 8.65. The van der Waals surface area contributed by atoms with Gasteiger partial charge in [-0.15, -0.1) is 0 Å². The molecule has 0 spiro atoms. The number of esters is 1. The summed E-state index contributed by atoms with van der Waals surface area (Å²) < 4.78 is 10.0. The molecule has 0 saturated heterocycles. The van der Waals surface area contributed by atoms with Crippen molar-refractivity contribution in [1.82, 2.24) is 5.32 Å².